The molecule has 1 rings (SSSR count). The van der Waals surface area contributed by atoms with Crippen LogP contribution in [0.4, 0.5) is 10.5 Å². The summed E-state index contributed by atoms with van der Waals surface area (Å²) in [5.41, 5.74) is 6.67. The molecule has 0 aliphatic rings. The molecule has 3 amide bonds. The second-order valence-corrected chi connectivity index (χ2v) is 4.91. The molecular weight excluding hydrogens is 292 g/mol. The predicted octanol–water partition coefficient (Wildman–Crippen LogP) is 1.62. The summed E-state index contributed by atoms with van der Waals surface area (Å²) in [6.07, 6.45) is 0. The summed E-state index contributed by atoms with van der Waals surface area (Å²) in [7, 11) is 5.02. The molecule has 1 unspecified atom stereocenters. The van der Waals surface area contributed by atoms with E-state index >= 15 is 0 Å². The summed E-state index contributed by atoms with van der Waals surface area (Å²) in [5, 5.41) is 2.71. The number of hydrogen-bond acceptors (Lipinski definition) is 3. The van der Waals surface area contributed by atoms with Gasteiger partial charge >= 0.3 is 6.03 Å². The lowest BCUT2D eigenvalue weighted by Gasteiger charge is -2.24. The van der Waals surface area contributed by atoms with Crippen molar-refractivity contribution in [3.63, 3.8) is 0 Å². The minimum atomic E-state index is -0.238. The molecule has 6 nitrogen and oxygen atoms in total. The van der Waals surface area contributed by atoms with Crippen molar-refractivity contribution in [3.8, 4) is 0 Å². The van der Waals surface area contributed by atoms with Crippen molar-refractivity contribution < 1.29 is 9.59 Å². The fourth-order valence-electron chi connectivity index (χ4n) is 1.53. The Morgan fingerprint density at radius 2 is 1.90 bits per heavy atom. The number of nitrogens with zero attached hydrogens (tertiary/aromatic N) is 2. The number of hydrogen-bond donors (Lipinski definition) is 2. The van der Waals surface area contributed by atoms with Crippen molar-refractivity contribution in [2.24, 2.45) is 5.73 Å². The molecule has 0 saturated heterocycles. The molecule has 0 aromatic heterocycles. The average Bonchev–Trinajstić information content (AvgIpc) is 2.44. The highest BCUT2D eigenvalue weighted by molar-refractivity contribution is 5.96. The van der Waals surface area contributed by atoms with Crippen molar-refractivity contribution in [1.29, 1.82) is 0 Å². The van der Waals surface area contributed by atoms with Crippen LogP contribution in [-0.4, -0.2) is 55.5 Å². The van der Waals surface area contributed by atoms with Crippen LogP contribution in [0.2, 0.25) is 0 Å². The molecule has 0 saturated carbocycles. The number of anilines is 1. The van der Waals surface area contributed by atoms with Gasteiger partial charge in [0.25, 0.3) is 5.91 Å². The van der Waals surface area contributed by atoms with Crippen LogP contribution in [0.15, 0.2) is 24.3 Å². The number of benzene rings is 1. The van der Waals surface area contributed by atoms with E-state index in [2.05, 4.69) is 5.32 Å². The van der Waals surface area contributed by atoms with Crippen molar-refractivity contribution in [2.75, 3.05) is 33.0 Å². The quantitative estimate of drug-likeness (QED) is 0.886. The van der Waals surface area contributed by atoms with Gasteiger partial charge in [0.15, 0.2) is 0 Å². The Balaban J connectivity index is 0.00000400. The second kappa shape index (κ2) is 8.49. The number of urea groups is 1. The zero-order valence-electron chi connectivity index (χ0n) is 12.8. The molecule has 0 aliphatic heterocycles. The smallest absolute Gasteiger partial charge is 0.321 e. The van der Waals surface area contributed by atoms with Crippen LogP contribution in [-0.2, 0) is 0 Å². The van der Waals surface area contributed by atoms with Crippen LogP contribution >= 0.6 is 12.4 Å². The summed E-state index contributed by atoms with van der Waals surface area (Å²) in [6, 6.07) is 6.57. The van der Waals surface area contributed by atoms with Gasteiger partial charge in [-0.15, -0.1) is 12.4 Å². The monoisotopic (exact) mass is 314 g/mol. The number of nitrogens with two attached hydrogens (primary N) is 1. The zero-order chi connectivity index (χ0) is 15.3. The summed E-state index contributed by atoms with van der Waals surface area (Å²) in [5.74, 6) is -0.121. The van der Waals surface area contributed by atoms with Gasteiger partial charge in [0.2, 0.25) is 0 Å². The SMILES string of the molecule is CC(CN)N(C)C(=O)c1cccc(NC(=O)N(C)C)c1.Cl. The molecule has 7 heteroatoms. The molecule has 1 aromatic rings. The van der Waals surface area contributed by atoms with Gasteiger partial charge in [-0.3, -0.25) is 4.79 Å². The maximum absolute atomic E-state index is 12.3. The first kappa shape index (κ1) is 19.2. The minimum absolute atomic E-state index is 0. The summed E-state index contributed by atoms with van der Waals surface area (Å²) >= 11 is 0. The molecule has 0 spiro atoms. The highest BCUT2D eigenvalue weighted by Crippen LogP contribution is 2.13. The minimum Gasteiger partial charge on any atom is -0.338 e. The van der Waals surface area contributed by atoms with Crippen molar-refractivity contribution in [2.45, 2.75) is 13.0 Å². The van der Waals surface area contributed by atoms with Crippen molar-refractivity contribution >= 4 is 30.0 Å². The number of rotatable bonds is 4. The van der Waals surface area contributed by atoms with E-state index in [0.29, 0.717) is 17.8 Å². The van der Waals surface area contributed by atoms with Gasteiger partial charge in [-0.25, -0.2) is 4.79 Å². The molecule has 0 fully saturated rings. The number of amides is 3. The van der Waals surface area contributed by atoms with Crippen LogP contribution in [0.5, 0.6) is 0 Å². The van der Waals surface area contributed by atoms with Gasteiger partial charge in [0.1, 0.15) is 0 Å². The van der Waals surface area contributed by atoms with E-state index < -0.39 is 0 Å². The Hall–Kier alpha value is -1.79. The van der Waals surface area contributed by atoms with Gasteiger partial charge in [-0.2, -0.15) is 0 Å². The van der Waals surface area contributed by atoms with Crippen LogP contribution in [0.1, 0.15) is 17.3 Å². The van der Waals surface area contributed by atoms with E-state index in [1.165, 1.54) is 4.90 Å². The van der Waals surface area contributed by atoms with Gasteiger partial charge in [0, 0.05) is 45.0 Å². The lowest BCUT2D eigenvalue weighted by atomic mass is 10.1. The van der Waals surface area contributed by atoms with Gasteiger partial charge in [-0.1, -0.05) is 6.07 Å². The van der Waals surface area contributed by atoms with Crippen molar-refractivity contribution in [3.05, 3.63) is 29.8 Å². The van der Waals surface area contributed by atoms with Crippen LogP contribution in [0.3, 0.4) is 0 Å². The molecular formula is C14H23ClN4O2. The second-order valence-electron chi connectivity index (χ2n) is 4.91. The highest BCUT2D eigenvalue weighted by Gasteiger charge is 2.16. The fourth-order valence-corrected chi connectivity index (χ4v) is 1.53. The van der Waals surface area contributed by atoms with Crippen LogP contribution in [0, 0.1) is 0 Å². The largest absolute Gasteiger partial charge is 0.338 e. The normalized spacial score (nSPS) is 11.1. The maximum atomic E-state index is 12.3. The molecule has 1 atom stereocenters. The Morgan fingerprint density at radius 1 is 1.29 bits per heavy atom. The number of likely N-dealkylation sites (N-methyl/N-ethyl adjacent to an activating group) is 1. The Bertz CT molecular complexity index is 494. The Labute approximate surface area is 131 Å². The van der Waals surface area contributed by atoms with E-state index in [0.717, 1.165) is 0 Å². The molecule has 0 radical (unpaired) electrons. The van der Waals surface area contributed by atoms with Crippen LogP contribution < -0.4 is 11.1 Å². The lowest BCUT2D eigenvalue weighted by molar-refractivity contribution is 0.0748. The third-order valence-electron chi connectivity index (χ3n) is 3.09. The Kier molecular flexibility index (Phi) is 7.76. The lowest BCUT2D eigenvalue weighted by Crippen LogP contribution is -2.39. The molecule has 118 valence electrons. The van der Waals surface area contributed by atoms with Gasteiger partial charge < -0.3 is 20.9 Å². The zero-order valence-corrected chi connectivity index (χ0v) is 13.6. The van der Waals surface area contributed by atoms with E-state index in [-0.39, 0.29) is 30.4 Å². The van der Waals surface area contributed by atoms with Gasteiger partial charge in [-0.05, 0) is 25.1 Å². The number of halogens is 1. The summed E-state index contributed by atoms with van der Waals surface area (Å²) in [6.45, 7) is 2.29. The summed E-state index contributed by atoms with van der Waals surface area (Å²) in [4.78, 5) is 26.9. The maximum Gasteiger partial charge on any atom is 0.321 e. The molecule has 0 bridgehead atoms. The third kappa shape index (κ3) is 5.24. The molecule has 21 heavy (non-hydrogen) atoms. The number of carbonyl (C=O) groups is 2. The first-order valence-electron chi connectivity index (χ1n) is 6.42. The average molecular weight is 315 g/mol. The van der Waals surface area contributed by atoms with Crippen molar-refractivity contribution in [1.82, 2.24) is 9.80 Å². The predicted molar refractivity (Wildman–Crippen MR) is 87.0 cm³/mol. The Morgan fingerprint density at radius 3 is 2.43 bits per heavy atom. The standard InChI is InChI=1S/C14H22N4O2.ClH/c1-10(9-15)18(4)13(19)11-6-5-7-12(8-11)16-14(20)17(2)3;/h5-8,10H,9,15H2,1-4H3,(H,16,20);1H. The van der Waals surface area contributed by atoms with E-state index in [1.54, 1.807) is 50.3 Å². The van der Waals surface area contributed by atoms with E-state index in [9.17, 15) is 9.59 Å². The molecule has 3 N–H and O–H groups in total. The number of nitrogens with one attached hydrogen (secondary N) is 1. The fraction of sp³-hybridized carbons (Fsp3) is 0.429. The molecule has 1 aromatic carbocycles. The first-order valence-corrected chi connectivity index (χ1v) is 6.42. The molecule has 0 aliphatic carbocycles. The van der Waals surface area contributed by atoms with Crippen LogP contribution in [0.25, 0.3) is 0 Å². The third-order valence-corrected chi connectivity index (χ3v) is 3.09. The highest BCUT2D eigenvalue weighted by atomic mass is 35.5. The number of carbonyl (C=O) groups excluding carboxylic acids is 2. The summed E-state index contributed by atoms with van der Waals surface area (Å²) < 4.78 is 0. The van der Waals surface area contributed by atoms with E-state index in [4.69, 9.17) is 5.73 Å². The first-order chi connectivity index (χ1) is 9.36. The molecule has 0 heterocycles. The topological polar surface area (TPSA) is 78.7 Å². The van der Waals surface area contributed by atoms with E-state index in [1.807, 2.05) is 6.92 Å². The van der Waals surface area contributed by atoms with Gasteiger partial charge in [0.05, 0.1) is 0 Å².